The Morgan fingerprint density at radius 1 is 1.04 bits per heavy atom. The second-order valence-electron chi connectivity index (χ2n) is 5.59. The van der Waals surface area contributed by atoms with E-state index in [1.54, 1.807) is 23.1 Å². The van der Waals surface area contributed by atoms with Crippen LogP contribution in [0, 0.1) is 0 Å². The molecule has 8 nitrogen and oxygen atoms in total. The first-order chi connectivity index (χ1) is 12.5. The summed E-state index contributed by atoms with van der Waals surface area (Å²) in [5.41, 5.74) is 1.30. The van der Waals surface area contributed by atoms with Crippen molar-refractivity contribution in [1.29, 1.82) is 0 Å². The Labute approximate surface area is 157 Å². The molecule has 0 bridgehead atoms. The molecule has 0 aliphatic rings. The Morgan fingerprint density at radius 2 is 1.77 bits per heavy atom. The number of benzene rings is 1. The van der Waals surface area contributed by atoms with E-state index in [9.17, 15) is 9.59 Å². The molecule has 1 aromatic carbocycles. The molecule has 9 heteroatoms. The zero-order chi connectivity index (χ0) is 18.5. The number of halogens is 1. The number of carboxylic acid groups (broad SMARTS) is 1. The van der Waals surface area contributed by atoms with Crippen LogP contribution in [0.2, 0.25) is 0 Å². The summed E-state index contributed by atoms with van der Waals surface area (Å²) in [6.07, 6.45) is 3.30. The molecule has 134 valence electrons. The molecule has 2 aromatic heterocycles. The second-order valence-corrected chi connectivity index (χ2v) is 6.50. The van der Waals surface area contributed by atoms with Gasteiger partial charge in [0.25, 0.3) is 5.91 Å². The van der Waals surface area contributed by atoms with Crippen molar-refractivity contribution in [3.05, 3.63) is 64.5 Å². The van der Waals surface area contributed by atoms with Crippen LogP contribution in [0.15, 0.2) is 53.3 Å². The lowest BCUT2D eigenvalue weighted by atomic mass is 10.2. The molecule has 26 heavy (non-hydrogen) atoms. The molecule has 0 saturated heterocycles. The summed E-state index contributed by atoms with van der Waals surface area (Å²) in [4.78, 5) is 22.8. The van der Waals surface area contributed by atoms with Gasteiger partial charge < -0.3 is 10.4 Å². The highest BCUT2D eigenvalue weighted by atomic mass is 79.9. The molecular formula is C17H16BrN5O3. The quantitative estimate of drug-likeness (QED) is 0.614. The lowest BCUT2D eigenvalue weighted by molar-refractivity contribution is -0.137. The van der Waals surface area contributed by atoms with E-state index >= 15 is 0 Å². The first-order valence-electron chi connectivity index (χ1n) is 7.84. The highest BCUT2D eigenvalue weighted by Gasteiger charge is 2.12. The molecule has 0 saturated carbocycles. The van der Waals surface area contributed by atoms with E-state index in [2.05, 4.69) is 31.4 Å². The number of amides is 1. The molecule has 0 radical (unpaired) electrons. The maximum absolute atomic E-state index is 12.2. The SMILES string of the molecule is O=C(O)CCn1ccc(C(=O)Nc2ccn(Cc3ccc(Br)cc3)n2)n1. The molecule has 0 atom stereocenters. The number of nitrogens with one attached hydrogen (secondary N) is 1. The predicted molar refractivity (Wildman–Crippen MR) is 97.9 cm³/mol. The van der Waals surface area contributed by atoms with E-state index in [1.807, 2.05) is 24.3 Å². The van der Waals surface area contributed by atoms with Crippen molar-refractivity contribution >= 4 is 33.6 Å². The van der Waals surface area contributed by atoms with Crippen molar-refractivity contribution < 1.29 is 14.7 Å². The van der Waals surface area contributed by atoms with Crippen molar-refractivity contribution in [2.24, 2.45) is 0 Å². The Hall–Kier alpha value is -2.94. The number of hydrogen-bond acceptors (Lipinski definition) is 4. The molecule has 2 N–H and O–H groups in total. The zero-order valence-electron chi connectivity index (χ0n) is 13.7. The molecule has 3 rings (SSSR count). The average molecular weight is 418 g/mol. The number of carbonyl (C=O) groups is 2. The molecular weight excluding hydrogens is 402 g/mol. The number of anilines is 1. The van der Waals surface area contributed by atoms with Crippen LogP contribution in [-0.4, -0.2) is 36.5 Å². The van der Waals surface area contributed by atoms with E-state index in [-0.39, 0.29) is 18.7 Å². The first kappa shape index (κ1) is 17.9. The van der Waals surface area contributed by atoms with Crippen molar-refractivity contribution in [2.75, 3.05) is 5.32 Å². The minimum atomic E-state index is -0.914. The van der Waals surface area contributed by atoms with E-state index in [4.69, 9.17) is 5.11 Å². The van der Waals surface area contributed by atoms with Gasteiger partial charge in [0.1, 0.15) is 0 Å². The van der Waals surface area contributed by atoms with Crippen molar-refractivity contribution in [3.63, 3.8) is 0 Å². The van der Waals surface area contributed by atoms with Gasteiger partial charge in [-0.2, -0.15) is 10.2 Å². The number of carbonyl (C=O) groups excluding carboxylic acids is 1. The fourth-order valence-corrected chi connectivity index (χ4v) is 2.56. The monoisotopic (exact) mass is 417 g/mol. The number of rotatable bonds is 7. The Balaban J connectivity index is 1.59. The van der Waals surface area contributed by atoms with Crippen LogP contribution in [0.25, 0.3) is 0 Å². The van der Waals surface area contributed by atoms with E-state index in [1.165, 1.54) is 10.7 Å². The lowest BCUT2D eigenvalue weighted by Crippen LogP contribution is -2.14. The topological polar surface area (TPSA) is 102 Å². The maximum atomic E-state index is 12.2. The molecule has 1 amide bonds. The van der Waals surface area contributed by atoms with Gasteiger partial charge in [-0.1, -0.05) is 28.1 Å². The van der Waals surface area contributed by atoms with Gasteiger partial charge in [-0.15, -0.1) is 0 Å². The third kappa shape index (κ3) is 4.79. The van der Waals surface area contributed by atoms with Crippen molar-refractivity contribution in [1.82, 2.24) is 19.6 Å². The van der Waals surface area contributed by atoms with E-state index in [0.29, 0.717) is 12.4 Å². The number of carboxylic acids is 1. The Morgan fingerprint density at radius 3 is 2.50 bits per heavy atom. The standard InChI is InChI=1S/C17H16BrN5O3/c18-13-3-1-12(2-4-13)11-23-9-6-15(21-23)19-17(26)14-5-8-22(20-14)10-7-16(24)25/h1-6,8-9H,7,10-11H2,(H,24,25)(H,19,21,26). The number of nitrogens with zero attached hydrogens (tertiary/aromatic N) is 4. The van der Waals surface area contributed by atoms with Gasteiger partial charge in [0.15, 0.2) is 11.5 Å². The largest absolute Gasteiger partial charge is 0.481 e. The van der Waals surface area contributed by atoms with Crippen LogP contribution in [-0.2, 0) is 17.9 Å². The normalized spacial score (nSPS) is 10.7. The van der Waals surface area contributed by atoms with Gasteiger partial charge in [-0.05, 0) is 23.8 Å². The minimum absolute atomic E-state index is 0.0524. The third-order valence-corrected chi connectivity index (χ3v) is 4.10. The van der Waals surface area contributed by atoms with Gasteiger partial charge in [0, 0.05) is 22.9 Å². The van der Waals surface area contributed by atoms with Crippen LogP contribution in [0.5, 0.6) is 0 Å². The van der Waals surface area contributed by atoms with Crippen LogP contribution < -0.4 is 5.32 Å². The van der Waals surface area contributed by atoms with Gasteiger partial charge >= 0.3 is 5.97 Å². The zero-order valence-corrected chi connectivity index (χ0v) is 15.3. The molecule has 3 aromatic rings. The van der Waals surface area contributed by atoms with Crippen LogP contribution in [0.4, 0.5) is 5.82 Å². The van der Waals surface area contributed by atoms with E-state index in [0.717, 1.165) is 10.0 Å². The lowest BCUT2D eigenvalue weighted by Gasteiger charge is -2.02. The Kier molecular flexibility index (Phi) is 5.47. The van der Waals surface area contributed by atoms with Crippen LogP contribution in [0.1, 0.15) is 22.5 Å². The molecule has 2 heterocycles. The first-order valence-corrected chi connectivity index (χ1v) is 8.63. The molecule has 0 aliphatic heterocycles. The van der Waals surface area contributed by atoms with Gasteiger partial charge in [0.2, 0.25) is 0 Å². The third-order valence-electron chi connectivity index (χ3n) is 3.57. The average Bonchev–Trinajstić information content (AvgIpc) is 3.24. The van der Waals surface area contributed by atoms with Crippen LogP contribution in [0.3, 0.4) is 0 Å². The highest BCUT2D eigenvalue weighted by Crippen LogP contribution is 2.12. The maximum Gasteiger partial charge on any atom is 0.305 e. The Bertz CT molecular complexity index is 917. The number of hydrogen-bond donors (Lipinski definition) is 2. The fourth-order valence-electron chi connectivity index (χ4n) is 2.29. The minimum Gasteiger partial charge on any atom is -0.481 e. The molecule has 0 spiro atoms. The number of aryl methyl sites for hydroxylation is 1. The highest BCUT2D eigenvalue weighted by molar-refractivity contribution is 9.10. The smallest absolute Gasteiger partial charge is 0.305 e. The summed E-state index contributed by atoms with van der Waals surface area (Å²) in [7, 11) is 0. The summed E-state index contributed by atoms with van der Waals surface area (Å²) >= 11 is 3.40. The number of aromatic nitrogens is 4. The van der Waals surface area contributed by atoms with Gasteiger partial charge in [-0.3, -0.25) is 19.0 Å². The number of aliphatic carboxylic acids is 1. The molecule has 0 aliphatic carbocycles. The predicted octanol–water partition coefficient (Wildman–Crippen LogP) is 2.62. The van der Waals surface area contributed by atoms with Crippen molar-refractivity contribution in [2.45, 2.75) is 19.5 Å². The summed E-state index contributed by atoms with van der Waals surface area (Å²) < 4.78 is 4.16. The van der Waals surface area contributed by atoms with E-state index < -0.39 is 11.9 Å². The summed E-state index contributed by atoms with van der Waals surface area (Å²) in [6.45, 7) is 0.803. The summed E-state index contributed by atoms with van der Waals surface area (Å²) in [5, 5.41) is 19.7. The van der Waals surface area contributed by atoms with Gasteiger partial charge in [0.05, 0.1) is 19.5 Å². The second kappa shape index (κ2) is 7.96. The fraction of sp³-hybridized carbons (Fsp3) is 0.176. The van der Waals surface area contributed by atoms with Crippen LogP contribution >= 0.6 is 15.9 Å². The van der Waals surface area contributed by atoms with Gasteiger partial charge in [-0.25, -0.2) is 0 Å². The van der Waals surface area contributed by atoms with Crippen molar-refractivity contribution in [3.8, 4) is 0 Å². The summed E-state index contributed by atoms with van der Waals surface area (Å²) in [5.74, 6) is -0.886. The molecule has 0 fully saturated rings. The molecule has 0 unspecified atom stereocenters. The summed E-state index contributed by atoms with van der Waals surface area (Å²) in [6, 6.07) is 11.2.